The molecular formula is C37H59NO12. The molecule has 0 radical (unpaired) electrons. The average Bonchev–Trinajstić information content (AvgIpc) is 3.37. The summed E-state index contributed by atoms with van der Waals surface area (Å²) in [5.41, 5.74) is -2.52. The van der Waals surface area contributed by atoms with Gasteiger partial charge in [0, 0.05) is 43.8 Å². The van der Waals surface area contributed by atoms with Crippen LogP contribution in [0, 0.1) is 29.6 Å². The second-order valence-corrected chi connectivity index (χ2v) is 15.1. The van der Waals surface area contributed by atoms with Crippen molar-refractivity contribution in [2.24, 2.45) is 29.6 Å². The fourth-order valence-electron chi connectivity index (χ4n) is 8.33. The third kappa shape index (κ3) is 8.77. The topological polar surface area (TPSA) is 153 Å². The number of fused-ring (bicyclic) bond motifs is 1. The van der Waals surface area contributed by atoms with E-state index in [0.717, 1.165) is 6.08 Å². The molecule has 50 heavy (non-hydrogen) atoms. The number of nitrogens with zero attached hydrogens (tertiary/aromatic N) is 1. The molecule has 3 fully saturated rings. The fourth-order valence-corrected chi connectivity index (χ4v) is 8.33. The van der Waals surface area contributed by atoms with Crippen LogP contribution in [0.5, 0.6) is 0 Å². The van der Waals surface area contributed by atoms with Crippen molar-refractivity contribution in [1.29, 1.82) is 0 Å². The lowest BCUT2D eigenvalue weighted by atomic mass is 9.70. The molecule has 3 aliphatic rings. The number of esters is 4. The Morgan fingerprint density at radius 2 is 1.66 bits per heavy atom. The quantitative estimate of drug-likeness (QED) is 0.203. The number of methoxy groups -OCH3 is 1. The summed E-state index contributed by atoms with van der Waals surface area (Å²) in [5, 5.41) is 0. The summed E-state index contributed by atoms with van der Waals surface area (Å²) >= 11 is 0. The van der Waals surface area contributed by atoms with Gasteiger partial charge in [-0.15, -0.1) is 0 Å². The number of carbonyl (C=O) groups is 5. The first-order chi connectivity index (χ1) is 23.2. The third-order valence-corrected chi connectivity index (χ3v) is 11.2. The Labute approximate surface area is 297 Å². The molecule has 3 rings (SSSR count). The lowest BCUT2D eigenvalue weighted by Gasteiger charge is -2.49. The molecule has 0 aromatic rings. The molecule has 0 N–H and O–H groups in total. The van der Waals surface area contributed by atoms with E-state index in [1.165, 1.54) is 14.0 Å². The van der Waals surface area contributed by atoms with Crippen LogP contribution in [0.25, 0.3) is 0 Å². The Bertz CT molecular complexity index is 1270. The van der Waals surface area contributed by atoms with Gasteiger partial charge in [0.25, 0.3) is 0 Å². The highest BCUT2D eigenvalue weighted by Gasteiger charge is 2.57. The normalized spacial score (nSPS) is 41.7. The Balaban J connectivity index is 2.23. The minimum Gasteiger partial charge on any atom is -0.458 e. The molecule has 0 bridgehead atoms. The minimum absolute atomic E-state index is 0.00853. The van der Waals surface area contributed by atoms with Gasteiger partial charge in [0.2, 0.25) is 0 Å². The van der Waals surface area contributed by atoms with Crippen LogP contribution in [0.15, 0.2) is 12.7 Å². The Kier molecular flexibility index (Phi) is 13.8. The van der Waals surface area contributed by atoms with Crippen LogP contribution in [0.3, 0.4) is 0 Å². The maximum atomic E-state index is 14.2. The Morgan fingerprint density at radius 1 is 1.02 bits per heavy atom. The average molecular weight is 710 g/mol. The fraction of sp³-hybridized carbons (Fsp3) is 0.811. The van der Waals surface area contributed by atoms with Crippen LogP contribution < -0.4 is 0 Å². The number of ketones is 1. The monoisotopic (exact) mass is 709 g/mol. The molecule has 0 amide bonds. The summed E-state index contributed by atoms with van der Waals surface area (Å²) < 4.78 is 43.1. The Hall–Kier alpha value is -2.87. The molecule has 13 heteroatoms. The van der Waals surface area contributed by atoms with E-state index >= 15 is 0 Å². The zero-order chi connectivity index (χ0) is 37.9. The number of carbonyl (C=O) groups excluding carboxylic acids is 5. The van der Waals surface area contributed by atoms with Crippen molar-refractivity contribution in [3.63, 3.8) is 0 Å². The van der Waals surface area contributed by atoms with Crippen molar-refractivity contribution in [1.82, 2.24) is 4.90 Å². The van der Waals surface area contributed by atoms with Crippen molar-refractivity contribution < 1.29 is 57.1 Å². The molecule has 3 saturated heterocycles. The molecule has 13 nitrogen and oxygen atoms in total. The molecule has 0 aliphatic carbocycles. The van der Waals surface area contributed by atoms with Gasteiger partial charge in [0.15, 0.2) is 12.4 Å². The van der Waals surface area contributed by atoms with Crippen LogP contribution in [0.4, 0.5) is 0 Å². The summed E-state index contributed by atoms with van der Waals surface area (Å²) in [6.07, 6.45) is -3.25. The van der Waals surface area contributed by atoms with Crippen molar-refractivity contribution in [3.05, 3.63) is 12.7 Å². The van der Waals surface area contributed by atoms with E-state index < -0.39 is 95.4 Å². The SMILES string of the molecule is C=CC(=O)O[C@H]1[C@H](C)[C@@H](O[C@@H]2O[C@H](C)C[C@H](N(C)C)[C@H]2OC(C)=O)[C@](C)(OC)C[C@@H](C)C(=O)[C@H](C)[C@H]2CC(=O)O[C@]2(C)[C@@H](CC)OC(=O)[C@@H]1C. The molecule has 0 aromatic carbocycles. The van der Waals surface area contributed by atoms with E-state index in [-0.39, 0.29) is 30.8 Å². The number of rotatable bonds is 8. The van der Waals surface area contributed by atoms with E-state index in [0.29, 0.717) is 12.8 Å². The molecule has 0 aromatic heterocycles. The van der Waals surface area contributed by atoms with Crippen molar-refractivity contribution in [2.45, 2.75) is 142 Å². The molecule has 14 atom stereocenters. The molecule has 0 saturated carbocycles. The van der Waals surface area contributed by atoms with Gasteiger partial charge in [-0.3, -0.25) is 19.2 Å². The molecule has 0 unspecified atom stereocenters. The van der Waals surface area contributed by atoms with Crippen LogP contribution in [-0.2, 0) is 57.1 Å². The molecule has 3 heterocycles. The van der Waals surface area contributed by atoms with E-state index in [9.17, 15) is 24.0 Å². The largest absolute Gasteiger partial charge is 0.458 e. The number of Topliss-reactive ketones (excluding diaryl/α,β-unsaturated/α-hetero) is 1. The van der Waals surface area contributed by atoms with Crippen molar-refractivity contribution >= 4 is 29.7 Å². The zero-order valence-corrected chi connectivity index (χ0v) is 31.9. The molecule has 0 spiro atoms. The highest BCUT2D eigenvalue weighted by Crippen LogP contribution is 2.45. The van der Waals surface area contributed by atoms with E-state index in [1.807, 2.05) is 32.8 Å². The first kappa shape index (κ1) is 41.5. The standard InChI is InChI=1S/C37H59NO12/c1-14-27-37(10)25(17-29(41)50-37)21(5)30(42)19(3)18-36(9,44-13)33(22(6)31(48-28(40)15-2)23(7)34(43)47-27)49-35-32(46-24(8)39)26(38(11)12)16-20(4)45-35/h15,19-23,25-27,31-33,35H,2,14,16-18H2,1,3-13H3/t19-,20-,21-,22+,23-,25-,26+,27-,31+,32-,33-,35+,36-,37+/m1/s1. The molecule has 3 aliphatic heterocycles. The van der Waals surface area contributed by atoms with E-state index in [1.54, 1.807) is 41.5 Å². The number of cyclic esters (lactones) is 1. The van der Waals surface area contributed by atoms with E-state index in [2.05, 4.69) is 6.58 Å². The lowest BCUT2D eigenvalue weighted by molar-refractivity contribution is -0.303. The summed E-state index contributed by atoms with van der Waals surface area (Å²) in [6.45, 7) is 19.0. The second kappa shape index (κ2) is 16.6. The minimum atomic E-state index is -1.26. The smallest absolute Gasteiger partial charge is 0.330 e. The summed E-state index contributed by atoms with van der Waals surface area (Å²) in [6, 6.07) is -0.267. The maximum Gasteiger partial charge on any atom is 0.330 e. The predicted octanol–water partition coefficient (Wildman–Crippen LogP) is 4.03. The van der Waals surface area contributed by atoms with Crippen LogP contribution >= 0.6 is 0 Å². The van der Waals surface area contributed by atoms with Gasteiger partial charge in [0.1, 0.15) is 23.6 Å². The van der Waals surface area contributed by atoms with Gasteiger partial charge >= 0.3 is 23.9 Å². The number of ether oxygens (including phenoxy) is 7. The summed E-state index contributed by atoms with van der Waals surface area (Å²) in [7, 11) is 5.26. The summed E-state index contributed by atoms with van der Waals surface area (Å²) in [5.74, 6) is -6.21. The highest BCUT2D eigenvalue weighted by atomic mass is 16.7. The lowest BCUT2D eigenvalue weighted by Crippen LogP contribution is -2.61. The maximum absolute atomic E-state index is 14.2. The highest BCUT2D eigenvalue weighted by molar-refractivity contribution is 5.85. The number of likely N-dealkylation sites (N-methyl/N-ethyl adjacent to an activating group) is 1. The summed E-state index contributed by atoms with van der Waals surface area (Å²) in [4.78, 5) is 68.2. The van der Waals surface area contributed by atoms with Gasteiger partial charge < -0.3 is 38.1 Å². The van der Waals surface area contributed by atoms with Gasteiger partial charge in [-0.2, -0.15) is 0 Å². The van der Waals surface area contributed by atoms with Crippen LogP contribution in [0.1, 0.15) is 88.0 Å². The van der Waals surface area contributed by atoms with Gasteiger partial charge in [-0.05, 0) is 61.1 Å². The zero-order valence-electron chi connectivity index (χ0n) is 31.9. The second-order valence-electron chi connectivity index (χ2n) is 15.1. The van der Waals surface area contributed by atoms with Gasteiger partial charge in [-0.1, -0.05) is 34.3 Å². The van der Waals surface area contributed by atoms with Crippen LogP contribution in [0.2, 0.25) is 0 Å². The van der Waals surface area contributed by atoms with Gasteiger partial charge in [-0.25, -0.2) is 4.79 Å². The number of hydrogen-bond donors (Lipinski definition) is 0. The first-order valence-corrected chi connectivity index (χ1v) is 17.7. The predicted molar refractivity (Wildman–Crippen MR) is 181 cm³/mol. The van der Waals surface area contributed by atoms with Gasteiger partial charge in [0.05, 0.1) is 36.2 Å². The number of hydrogen-bond acceptors (Lipinski definition) is 13. The molecular weight excluding hydrogens is 650 g/mol. The Morgan fingerprint density at radius 3 is 2.20 bits per heavy atom. The van der Waals surface area contributed by atoms with Crippen molar-refractivity contribution in [3.8, 4) is 0 Å². The van der Waals surface area contributed by atoms with Crippen molar-refractivity contribution in [2.75, 3.05) is 21.2 Å². The first-order valence-electron chi connectivity index (χ1n) is 17.7. The molecule has 284 valence electrons. The van der Waals surface area contributed by atoms with E-state index in [4.69, 9.17) is 33.2 Å². The van der Waals surface area contributed by atoms with Crippen LogP contribution in [-0.4, -0.2) is 110 Å². The third-order valence-electron chi connectivity index (χ3n) is 11.2.